The lowest BCUT2D eigenvalue weighted by Gasteiger charge is -2.20. The second kappa shape index (κ2) is 7.89. The van der Waals surface area contributed by atoms with Crippen molar-refractivity contribution < 1.29 is 4.74 Å². The van der Waals surface area contributed by atoms with Gasteiger partial charge < -0.3 is 10.1 Å². The molecule has 0 saturated carbocycles. The molecule has 5 nitrogen and oxygen atoms in total. The van der Waals surface area contributed by atoms with E-state index in [2.05, 4.69) is 51.5 Å². The number of ether oxygens (including phenoxy) is 1. The molecule has 1 aliphatic heterocycles. The Morgan fingerprint density at radius 2 is 1.85 bits per heavy atom. The van der Waals surface area contributed by atoms with E-state index < -0.39 is 0 Å². The van der Waals surface area contributed by atoms with Crippen molar-refractivity contribution in [2.45, 2.75) is 38.3 Å². The third-order valence-electron chi connectivity index (χ3n) is 5.05. The summed E-state index contributed by atoms with van der Waals surface area (Å²) < 4.78 is 5.41. The van der Waals surface area contributed by atoms with Crippen molar-refractivity contribution in [3.63, 3.8) is 0 Å². The van der Waals surface area contributed by atoms with Crippen LogP contribution in [0.3, 0.4) is 0 Å². The van der Waals surface area contributed by atoms with Crippen LogP contribution in [-0.4, -0.2) is 28.2 Å². The number of aromatic nitrogens is 3. The predicted octanol–water partition coefficient (Wildman–Crippen LogP) is 3.77. The van der Waals surface area contributed by atoms with Crippen LogP contribution in [0.5, 0.6) is 0 Å². The third kappa shape index (κ3) is 3.74. The van der Waals surface area contributed by atoms with Gasteiger partial charge in [0.05, 0.1) is 5.52 Å². The van der Waals surface area contributed by atoms with Crippen LogP contribution in [0.15, 0.2) is 48.9 Å². The van der Waals surface area contributed by atoms with Gasteiger partial charge in [-0.1, -0.05) is 24.3 Å². The molecule has 3 heterocycles. The lowest BCUT2D eigenvalue weighted by Crippen LogP contribution is -2.20. The number of fused-ring (bicyclic) bond motifs is 1. The normalized spacial score (nSPS) is 16.7. The molecule has 0 bridgehead atoms. The Bertz CT molecular complexity index is 854. The van der Waals surface area contributed by atoms with Gasteiger partial charge in [-0.05, 0) is 31.4 Å². The molecule has 1 aliphatic rings. The number of hydrogen-bond donors (Lipinski definition) is 1. The molecule has 1 aromatic carbocycles. The second-order valence-electron chi connectivity index (χ2n) is 6.86. The monoisotopic (exact) mass is 348 g/mol. The molecule has 134 valence electrons. The molecule has 4 rings (SSSR count). The fourth-order valence-electron chi connectivity index (χ4n) is 3.48. The summed E-state index contributed by atoms with van der Waals surface area (Å²) in [6.45, 7) is 4.53. The smallest absolute Gasteiger partial charge is 0.131 e. The summed E-state index contributed by atoms with van der Waals surface area (Å²) in [6, 6.07) is 10.6. The SMILES string of the molecule is CC(NCc1cnc(C2CCOCC2)nc1)c1cccc2cccnc12. The molecule has 5 heteroatoms. The Morgan fingerprint density at radius 1 is 1.08 bits per heavy atom. The van der Waals surface area contributed by atoms with Crippen molar-refractivity contribution in [3.05, 3.63) is 65.9 Å². The minimum atomic E-state index is 0.198. The van der Waals surface area contributed by atoms with Crippen LogP contribution in [0.2, 0.25) is 0 Å². The minimum absolute atomic E-state index is 0.198. The Labute approximate surface area is 153 Å². The van der Waals surface area contributed by atoms with Crippen molar-refractivity contribution in [1.29, 1.82) is 0 Å². The summed E-state index contributed by atoms with van der Waals surface area (Å²) in [5.41, 5.74) is 3.37. The maximum absolute atomic E-state index is 5.41. The van der Waals surface area contributed by atoms with E-state index in [0.29, 0.717) is 5.92 Å². The van der Waals surface area contributed by atoms with E-state index >= 15 is 0 Å². The first kappa shape index (κ1) is 17.1. The lowest BCUT2D eigenvalue weighted by molar-refractivity contribution is 0.0835. The van der Waals surface area contributed by atoms with Gasteiger partial charge in [0.25, 0.3) is 0 Å². The van der Waals surface area contributed by atoms with E-state index in [0.717, 1.165) is 49.5 Å². The molecule has 0 spiro atoms. The average Bonchev–Trinajstić information content (AvgIpc) is 2.72. The van der Waals surface area contributed by atoms with Gasteiger partial charge in [-0.25, -0.2) is 9.97 Å². The van der Waals surface area contributed by atoms with Crippen molar-refractivity contribution in [3.8, 4) is 0 Å². The summed E-state index contributed by atoms with van der Waals surface area (Å²) in [6.07, 6.45) is 7.77. The highest BCUT2D eigenvalue weighted by Crippen LogP contribution is 2.24. The molecular weight excluding hydrogens is 324 g/mol. The third-order valence-corrected chi connectivity index (χ3v) is 5.05. The Morgan fingerprint density at radius 3 is 2.65 bits per heavy atom. The van der Waals surface area contributed by atoms with Crippen LogP contribution in [0.1, 0.15) is 48.7 Å². The largest absolute Gasteiger partial charge is 0.381 e. The molecule has 1 N–H and O–H groups in total. The first-order chi connectivity index (χ1) is 12.8. The fraction of sp³-hybridized carbons (Fsp3) is 0.381. The van der Waals surface area contributed by atoms with Crippen LogP contribution in [-0.2, 0) is 11.3 Å². The molecule has 26 heavy (non-hydrogen) atoms. The number of pyridine rings is 1. The number of hydrogen-bond acceptors (Lipinski definition) is 5. The van der Waals surface area contributed by atoms with E-state index in [9.17, 15) is 0 Å². The van der Waals surface area contributed by atoms with Crippen molar-refractivity contribution in [1.82, 2.24) is 20.3 Å². The van der Waals surface area contributed by atoms with Gasteiger partial charge in [0.2, 0.25) is 0 Å². The van der Waals surface area contributed by atoms with Gasteiger partial charge in [0.1, 0.15) is 5.82 Å². The van der Waals surface area contributed by atoms with Gasteiger partial charge in [0.15, 0.2) is 0 Å². The zero-order chi connectivity index (χ0) is 17.8. The molecule has 0 radical (unpaired) electrons. The Kier molecular flexibility index (Phi) is 5.18. The number of rotatable bonds is 5. The maximum Gasteiger partial charge on any atom is 0.131 e. The van der Waals surface area contributed by atoms with E-state index in [1.165, 1.54) is 10.9 Å². The van der Waals surface area contributed by atoms with E-state index in [-0.39, 0.29) is 6.04 Å². The molecular formula is C21H24N4O. The summed E-state index contributed by atoms with van der Waals surface area (Å²) in [4.78, 5) is 13.7. The summed E-state index contributed by atoms with van der Waals surface area (Å²) in [7, 11) is 0. The van der Waals surface area contributed by atoms with E-state index in [1.54, 1.807) is 0 Å². The zero-order valence-electron chi connectivity index (χ0n) is 15.1. The highest BCUT2D eigenvalue weighted by atomic mass is 16.5. The number of benzene rings is 1. The van der Waals surface area contributed by atoms with Crippen LogP contribution in [0.25, 0.3) is 10.9 Å². The molecule has 0 aliphatic carbocycles. The molecule has 1 atom stereocenters. The molecule has 1 unspecified atom stereocenters. The van der Waals surface area contributed by atoms with Crippen LogP contribution >= 0.6 is 0 Å². The van der Waals surface area contributed by atoms with Gasteiger partial charge >= 0.3 is 0 Å². The highest BCUT2D eigenvalue weighted by Gasteiger charge is 2.18. The minimum Gasteiger partial charge on any atom is -0.381 e. The fourth-order valence-corrected chi connectivity index (χ4v) is 3.48. The number of nitrogens with one attached hydrogen (secondary N) is 1. The van der Waals surface area contributed by atoms with Crippen LogP contribution in [0, 0.1) is 0 Å². The van der Waals surface area contributed by atoms with Gasteiger partial charge in [-0.3, -0.25) is 4.98 Å². The van der Waals surface area contributed by atoms with E-state index in [4.69, 9.17) is 4.74 Å². The molecule has 2 aromatic heterocycles. The number of nitrogens with zero attached hydrogens (tertiary/aromatic N) is 3. The van der Waals surface area contributed by atoms with Gasteiger partial charge in [-0.15, -0.1) is 0 Å². The standard InChI is InChI=1S/C21H24N4O/c1-15(19-6-2-4-17-5-3-9-22-20(17)19)23-12-16-13-24-21(25-14-16)18-7-10-26-11-8-18/h2-6,9,13-15,18,23H,7-8,10-12H2,1H3. The quantitative estimate of drug-likeness (QED) is 0.760. The molecule has 1 saturated heterocycles. The average molecular weight is 348 g/mol. The summed E-state index contributed by atoms with van der Waals surface area (Å²) in [5, 5.41) is 4.74. The maximum atomic E-state index is 5.41. The molecule has 3 aromatic rings. The predicted molar refractivity (Wildman–Crippen MR) is 102 cm³/mol. The van der Waals surface area contributed by atoms with Crippen molar-refractivity contribution in [2.24, 2.45) is 0 Å². The first-order valence-electron chi connectivity index (χ1n) is 9.27. The second-order valence-corrected chi connectivity index (χ2v) is 6.86. The zero-order valence-corrected chi connectivity index (χ0v) is 15.1. The van der Waals surface area contributed by atoms with Crippen molar-refractivity contribution in [2.75, 3.05) is 13.2 Å². The lowest BCUT2D eigenvalue weighted by atomic mass is 9.99. The number of para-hydroxylation sites is 1. The Balaban J connectivity index is 1.41. The topological polar surface area (TPSA) is 59.9 Å². The molecule has 1 fully saturated rings. The van der Waals surface area contributed by atoms with E-state index in [1.807, 2.05) is 24.7 Å². The van der Waals surface area contributed by atoms with Gasteiger partial charge in [0, 0.05) is 61.3 Å². The van der Waals surface area contributed by atoms with Crippen LogP contribution < -0.4 is 5.32 Å². The summed E-state index contributed by atoms with van der Waals surface area (Å²) >= 11 is 0. The Hall–Kier alpha value is -2.37. The summed E-state index contributed by atoms with van der Waals surface area (Å²) in [5.74, 6) is 1.38. The highest BCUT2D eigenvalue weighted by molar-refractivity contribution is 5.81. The van der Waals surface area contributed by atoms with Crippen LogP contribution in [0.4, 0.5) is 0 Å². The van der Waals surface area contributed by atoms with Gasteiger partial charge in [-0.2, -0.15) is 0 Å². The van der Waals surface area contributed by atoms with Crippen molar-refractivity contribution >= 4 is 10.9 Å². The molecule has 0 amide bonds. The first-order valence-corrected chi connectivity index (χ1v) is 9.27.